The molecule has 2 N–H and O–H groups in total. The minimum atomic E-state index is -0.531. The fourth-order valence-corrected chi connectivity index (χ4v) is 3.04. The highest BCUT2D eigenvalue weighted by atomic mass is 79.9. The third-order valence-corrected chi connectivity index (χ3v) is 4.40. The first-order valence-electron chi connectivity index (χ1n) is 8.83. The molecule has 3 aromatic rings. The van der Waals surface area contributed by atoms with Crippen LogP contribution < -0.4 is 15.7 Å². The summed E-state index contributed by atoms with van der Waals surface area (Å²) in [5.41, 5.74) is 3.92. The van der Waals surface area contributed by atoms with Crippen molar-refractivity contribution >= 4 is 28.1 Å². The molecule has 0 aliphatic rings. The molecule has 0 saturated carbocycles. The largest absolute Gasteiger partial charge is 0.490 e. The maximum atomic E-state index is 12.2. The average molecular weight is 452 g/mol. The molecule has 7 nitrogen and oxygen atoms in total. The van der Waals surface area contributed by atoms with Gasteiger partial charge in [-0.25, -0.2) is 10.4 Å². The zero-order valence-electron chi connectivity index (χ0n) is 15.8. The standard InChI is InChI=1S/C21H18BrN5O2/c1-13(2)29-18-9-8-14(10-17(18)22)12-24-27-21-25-19(15-6-4-3-5-7-15)16(11-23)20(28)26-21/h3-10,12-13H,1-2H3,(H2,25,26,27,28). The number of anilines is 1. The number of benzene rings is 2. The number of halogens is 1. The van der Waals surface area contributed by atoms with Crippen molar-refractivity contribution in [3.05, 3.63) is 74.5 Å². The first-order valence-corrected chi connectivity index (χ1v) is 9.62. The van der Waals surface area contributed by atoms with Crippen LogP contribution in [0.3, 0.4) is 0 Å². The van der Waals surface area contributed by atoms with E-state index in [-0.39, 0.29) is 17.6 Å². The lowest BCUT2D eigenvalue weighted by atomic mass is 10.1. The van der Waals surface area contributed by atoms with E-state index >= 15 is 0 Å². The van der Waals surface area contributed by atoms with Crippen LogP contribution in [-0.4, -0.2) is 22.3 Å². The van der Waals surface area contributed by atoms with Crippen molar-refractivity contribution in [2.24, 2.45) is 5.10 Å². The molecule has 0 amide bonds. The fourth-order valence-electron chi connectivity index (χ4n) is 2.55. The lowest BCUT2D eigenvalue weighted by Crippen LogP contribution is -2.16. The minimum Gasteiger partial charge on any atom is -0.490 e. The van der Waals surface area contributed by atoms with Gasteiger partial charge in [-0.05, 0) is 53.5 Å². The van der Waals surface area contributed by atoms with E-state index in [4.69, 9.17) is 4.74 Å². The number of ether oxygens (including phenoxy) is 1. The Morgan fingerprint density at radius 3 is 2.69 bits per heavy atom. The number of rotatable bonds is 6. The number of hydrogen-bond donors (Lipinski definition) is 2. The van der Waals surface area contributed by atoms with E-state index < -0.39 is 5.56 Å². The molecule has 2 aromatic carbocycles. The Kier molecular flexibility index (Phi) is 6.42. The van der Waals surface area contributed by atoms with Gasteiger partial charge in [-0.2, -0.15) is 10.4 Å². The summed E-state index contributed by atoms with van der Waals surface area (Å²) in [6.07, 6.45) is 1.66. The van der Waals surface area contributed by atoms with Gasteiger partial charge in [-0.15, -0.1) is 0 Å². The maximum absolute atomic E-state index is 12.2. The van der Waals surface area contributed by atoms with Crippen molar-refractivity contribution in [3.8, 4) is 23.1 Å². The molecule has 3 rings (SSSR count). The third-order valence-electron chi connectivity index (χ3n) is 3.78. The molecule has 0 bridgehead atoms. The lowest BCUT2D eigenvalue weighted by Gasteiger charge is -2.11. The summed E-state index contributed by atoms with van der Waals surface area (Å²) < 4.78 is 6.49. The number of hydrogen-bond acceptors (Lipinski definition) is 6. The second-order valence-corrected chi connectivity index (χ2v) is 7.20. The van der Waals surface area contributed by atoms with Gasteiger partial charge in [0.15, 0.2) is 0 Å². The molecule has 1 heterocycles. The van der Waals surface area contributed by atoms with Gasteiger partial charge in [0, 0.05) is 5.56 Å². The monoisotopic (exact) mass is 451 g/mol. The van der Waals surface area contributed by atoms with Gasteiger partial charge in [0.25, 0.3) is 5.56 Å². The molecule has 1 aromatic heterocycles. The molecule has 0 radical (unpaired) electrons. The Balaban J connectivity index is 1.82. The van der Waals surface area contributed by atoms with Crippen molar-refractivity contribution in [2.75, 3.05) is 5.43 Å². The number of aromatic nitrogens is 2. The zero-order chi connectivity index (χ0) is 20.8. The van der Waals surface area contributed by atoms with E-state index in [9.17, 15) is 10.1 Å². The SMILES string of the molecule is CC(C)Oc1ccc(C=NNc2nc(-c3ccccc3)c(C#N)c(=O)[nH]2)cc1Br. The van der Waals surface area contributed by atoms with Gasteiger partial charge in [-0.3, -0.25) is 9.78 Å². The van der Waals surface area contributed by atoms with Crippen LogP contribution in [0.15, 0.2) is 62.9 Å². The Morgan fingerprint density at radius 1 is 1.28 bits per heavy atom. The number of nitrogens with zero attached hydrogens (tertiary/aromatic N) is 3. The molecular formula is C21H18BrN5O2. The van der Waals surface area contributed by atoms with Gasteiger partial charge >= 0.3 is 0 Å². The van der Waals surface area contributed by atoms with Crippen LogP contribution >= 0.6 is 15.9 Å². The third kappa shape index (κ3) is 5.09. The Morgan fingerprint density at radius 2 is 2.03 bits per heavy atom. The molecule has 0 fully saturated rings. The van der Waals surface area contributed by atoms with Gasteiger partial charge in [0.1, 0.15) is 17.4 Å². The Hall–Kier alpha value is -3.44. The van der Waals surface area contributed by atoms with E-state index in [1.165, 1.54) is 0 Å². The first kappa shape index (κ1) is 20.3. The summed E-state index contributed by atoms with van der Waals surface area (Å²) in [6.45, 7) is 3.92. The topological polar surface area (TPSA) is 103 Å². The molecule has 0 unspecified atom stereocenters. The molecule has 0 aliphatic heterocycles. The van der Waals surface area contributed by atoms with E-state index in [2.05, 4.69) is 36.4 Å². The molecule has 146 valence electrons. The second-order valence-electron chi connectivity index (χ2n) is 6.34. The van der Waals surface area contributed by atoms with Crippen molar-refractivity contribution in [3.63, 3.8) is 0 Å². The lowest BCUT2D eigenvalue weighted by molar-refractivity contribution is 0.241. The van der Waals surface area contributed by atoms with Gasteiger partial charge < -0.3 is 4.74 Å². The maximum Gasteiger partial charge on any atom is 0.270 e. The summed E-state index contributed by atoms with van der Waals surface area (Å²) in [5, 5.41) is 13.4. The number of nitrogens with one attached hydrogen (secondary N) is 2. The van der Waals surface area contributed by atoms with Crippen LogP contribution in [0.4, 0.5) is 5.95 Å². The fraction of sp³-hybridized carbons (Fsp3) is 0.143. The summed E-state index contributed by atoms with van der Waals surface area (Å²) in [6, 6.07) is 16.5. The van der Waals surface area contributed by atoms with Crippen LogP contribution in [0.5, 0.6) is 5.75 Å². The van der Waals surface area contributed by atoms with E-state index in [0.29, 0.717) is 11.3 Å². The Bertz CT molecular complexity index is 1130. The highest BCUT2D eigenvalue weighted by Crippen LogP contribution is 2.26. The van der Waals surface area contributed by atoms with E-state index in [1.54, 1.807) is 18.3 Å². The predicted molar refractivity (Wildman–Crippen MR) is 116 cm³/mol. The minimum absolute atomic E-state index is 0.0459. The highest BCUT2D eigenvalue weighted by Gasteiger charge is 2.12. The number of hydrazone groups is 1. The van der Waals surface area contributed by atoms with E-state index in [0.717, 1.165) is 15.8 Å². The summed E-state index contributed by atoms with van der Waals surface area (Å²) in [5.74, 6) is 0.888. The summed E-state index contributed by atoms with van der Waals surface area (Å²) in [4.78, 5) is 19.1. The first-order chi connectivity index (χ1) is 14.0. The van der Waals surface area contributed by atoms with Crippen LogP contribution in [-0.2, 0) is 0 Å². The molecule has 8 heteroatoms. The second kappa shape index (κ2) is 9.17. The quantitative estimate of drug-likeness (QED) is 0.429. The predicted octanol–water partition coefficient (Wildman–Crippen LogP) is 4.30. The molecule has 0 saturated heterocycles. The van der Waals surface area contributed by atoms with Crippen LogP contribution in [0.25, 0.3) is 11.3 Å². The molecule has 0 atom stereocenters. The number of H-pyrrole nitrogens is 1. The summed E-state index contributed by atoms with van der Waals surface area (Å²) >= 11 is 3.48. The van der Waals surface area contributed by atoms with Gasteiger partial charge in [-0.1, -0.05) is 30.3 Å². The smallest absolute Gasteiger partial charge is 0.270 e. The number of nitriles is 1. The van der Waals surface area contributed by atoms with Crippen molar-refractivity contribution in [1.29, 1.82) is 5.26 Å². The van der Waals surface area contributed by atoms with Gasteiger partial charge in [0.05, 0.1) is 22.5 Å². The highest BCUT2D eigenvalue weighted by molar-refractivity contribution is 9.10. The molecule has 0 spiro atoms. The summed E-state index contributed by atoms with van der Waals surface area (Å²) in [7, 11) is 0. The van der Waals surface area contributed by atoms with Crippen LogP contribution in [0.1, 0.15) is 25.0 Å². The molecule has 29 heavy (non-hydrogen) atoms. The normalized spacial score (nSPS) is 10.9. The average Bonchev–Trinajstić information content (AvgIpc) is 2.70. The number of aromatic amines is 1. The molecular weight excluding hydrogens is 434 g/mol. The van der Waals surface area contributed by atoms with Crippen molar-refractivity contribution < 1.29 is 4.74 Å². The van der Waals surface area contributed by atoms with Crippen LogP contribution in [0.2, 0.25) is 0 Å². The van der Waals surface area contributed by atoms with Crippen molar-refractivity contribution in [2.45, 2.75) is 20.0 Å². The van der Waals surface area contributed by atoms with E-state index in [1.807, 2.05) is 56.3 Å². The van der Waals surface area contributed by atoms with Gasteiger partial charge in [0.2, 0.25) is 5.95 Å². The van der Waals surface area contributed by atoms with Crippen molar-refractivity contribution in [1.82, 2.24) is 9.97 Å². The molecule has 0 aliphatic carbocycles. The zero-order valence-corrected chi connectivity index (χ0v) is 17.4. The van der Waals surface area contributed by atoms with Crippen LogP contribution in [0, 0.1) is 11.3 Å². The Labute approximate surface area is 176 Å².